The molecule has 1 saturated heterocycles. The van der Waals surface area contributed by atoms with Gasteiger partial charge >= 0.3 is 0 Å². The number of rotatable bonds is 5. The predicted octanol–water partition coefficient (Wildman–Crippen LogP) is 5.01. The summed E-state index contributed by atoms with van der Waals surface area (Å²) in [7, 11) is 0. The summed E-state index contributed by atoms with van der Waals surface area (Å²) in [4.78, 5) is 19.1. The van der Waals surface area contributed by atoms with Gasteiger partial charge in [0.05, 0.1) is 11.7 Å². The van der Waals surface area contributed by atoms with Gasteiger partial charge < -0.3 is 9.51 Å². The van der Waals surface area contributed by atoms with Crippen molar-refractivity contribution in [2.45, 2.75) is 25.4 Å². The third kappa shape index (κ3) is 3.46. The van der Waals surface area contributed by atoms with Crippen molar-refractivity contribution in [2.24, 2.45) is 0 Å². The molecule has 1 atom stereocenters. The second-order valence-electron chi connectivity index (χ2n) is 8.11. The summed E-state index contributed by atoms with van der Waals surface area (Å²) in [6.45, 7) is 1.87. The maximum absolute atomic E-state index is 5.71. The van der Waals surface area contributed by atoms with E-state index in [1.807, 2.05) is 24.3 Å². The molecule has 7 nitrogen and oxygen atoms in total. The van der Waals surface area contributed by atoms with E-state index in [0.717, 1.165) is 42.8 Å². The quantitative estimate of drug-likeness (QED) is 0.429. The number of para-hydroxylation sites is 1. The monoisotopic (exact) mass is 422 g/mol. The number of pyridine rings is 2. The summed E-state index contributed by atoms with van der Waals surface area (Å²) in [6, 6.07) is 16.4. The maximum atomic E-state index is 5.71. The molecule has 6 rings (SSSR count). The van der Waals surface area contributed by atoms with Crippen molar-refractivity contribution in [2.75, 3.05) is 6.54 Å². The molecular formula is C25H22N6O. The first-order valence-corrected chi connectivity index (χ1v) is 10.8. The van der Waals surface area contributed by atoms with Gasteiger partial charge in [-0.1, -0.05) is 23.4 Å². The number of fused-ring (bicyclic) bond motifs is 1. The number of hydrogen-bond donors (Lipinski definition) is 1. The normalized spacial score (nSPS) is 16.7. The second kappa shape index (κ2) is 8.01. The molecule has 1 aliphatic rings. The van der Waals surface area contributed by atoms with Crippen LogP contribution in [0, 0.1) is 0 Å². The molecule has 0 aliphatic carbocycles. The van der Waals surface area contributed by atoms with Gasteiger partial charge in [-0.25, -0.2) is 0 Å². The van der Waals surface area contributed by atoms with Gasteiger partial charge in [-0.3, -0.25) is 14.9 Å². The highest BCUT2D eigenvalue weighted by atomic mass is 16.5. The molecule has 0 unspecified atom stereocenters. The molecule has 0 spiro atoms. The highest BCUT2D eigenvalue weighted by Crippen LogP contribution is 2.34. The molecular weight excluding hydrogens is 400 g/mol. The fourth-order valence-corrected chi connectivity index (χ4v) is 4.48. The molecule has 1 N–H and O–H groups in total. The minimum Gasteiger partial charge on any atom is -0.361 e. The lowest BCUT2D eigenvalue weighted by Gasteiger charge is -2.21. The zero-order valence-corrected chi connectivity index (χ0v) is 17.5. The molecule has 5 aromatic rings. The van der Waals surface area contributed by atoms with E-state index in [1.54, 1.807) is 18.6 Å². The SMILES string of the molecule is c1ccc2c(CN3CCC[C@H]3c3nc(-c4ccc(-c5ccncc5)nc4)no3)c[nH]c2c1. The first-order valence-electron chi connectivity index (χ1n) is 10.8. The average Bonchev–Trinajstić information content (AvgIpc) is 3.60. The molecule has 5 heterocycles. The molecule has 0 saturated carbocycles. The van der Waals surface area contributed by atoms with Gasteiger partial charge in [0.1, 0.15) is 0 Å². The largest absolute Gasteiger partial charge is 0.361 e. The standard InChI is InChI=1S/C25H22N6O/c1-2-5-22-20(4-1)19(15-28-22)16-31-13-3-6-23(31)25-29-24(30-32-25)18-7-8-21(27-14-18)17-9-11-26-12-10-17/h1-2,4-5,7-12,14-15,23,28H,3,6,13,16H2/t23-/m0/s1. The zero-order valence-electron chi connectivity index (χ0n) is 17.5. The Labute approximate surface area is 185 Å². The molecule has 32 heavy (non-hydrogen) atoms. The lowest BCUT2D eigenvalue weighted by molar-refractivity contribution is 0.202. The van der Waals surface area contributed by atoms with E-state index < -0.39 is 0 Å². The topological polar surface area (TPSA) is 83.7 Å². The molecule has 7 heteroatoms. The summed E-state index contributed by atoms with van der Waals surface area (Å²) in [5.41, 5.74) is 5.22. The Bertz CT molecular complexity index is 1340. The van der Waals surface area contributed by atoms with E-state index in [1.165, 1.54) is 16.5 Å². The lowest BCUT2D eigenvalue weighted by atomic mass is 10.1. The molecule has 0 radical (unpaired) electrons. The van der Waals surface area contributed by atoms with Gasteiger partial charge in [0, 0.05) is 53.4 Å². The predicted molar refractivity (Wildman–Crippen MR) is 121 cm³/mol. The third-order valence-electron chi connectivity index (χ3n) is 6.14. The van der Waals surface area contributed by atoms with Crippen LogP contribution in [0.2, 0.25) is 0 Å². The average molecular weight is 422 g/mol. The van der Waals surface area contributed by atoms with Gasteiger partial charge in [0.25, 0.3) is 0 Å². The third-order valence-corrected chi connectivity index (χ3v) is 6.14. The lowest BCUT2D eigenvalue weighted by Crippen LogP contribution is -2.22. The Hall–Kier alpha value is -3.84. The van der Waals surface area contributed by atoms with Gasteiger partial charge in [-0.2, -0.15) is 4.98 Å². The fourth-order valence-electron chi connectivity index (χ4n) is 4.48. The summed E-state index contributed by atoms with van der Waals surface area (Å²) in [5.74, 6) is 1.25. The van der Waals surface area contributed by atoms with Gasteiger partial charge in [-0.15, -0.1) is 0 Å². The van der Waals surface area contributed by atoms with E-state index in [4.69, 9.17) is 9.51 Å². The molecule has 0 bridgehead atoms. The van der Waals surface area contributed by atoms with E-state index in [9.17, 15) is 0 Å². The molecule has 4 aromatic heterocycles. The number of likely N-dealkylation sites (tertiary alicyclic amines) is 1. The number of aromatic amines is 1. The van der Waals surface area contributed by atoms with Crippen molar-refractivity contribution in [1.29, 1.82) is 0 Å². The Morgan fingerprint density at radius 3 is 2.81 bits per heavy atom. The van der Waals surface area contributed by atoms with E-state index in [0.29, 0.717) is 11.7 Å². The van der Waals surface area contributed by atoms with Gasteiger partial charge in [0.15, 0.2) is 0 Å². The van der Waals surface area contributed by atoms with Crippen molar-refractivity contribution in [1.82, 2.24) is 30.0 Å². The van der Waals surface area contributed by atoms with Gasteiger partial charge in [-0.05, 0) is 55.3 Å². The van der Waals surface area contributed by atoms with Crippen LogP contribution < -0.4 is 0 Å². The van der Waals surface area contributed by atoms with Gasteiger partial charge in [0.2, 0.25) is 11.7 Å². The number of hydrogen-bond acceptors (Lipinski definition) is 6. The van der Waals surface area contributed by atoms with Crippen molar-refractivity contribution in [3.8, 4) is 22.6 Å². The van der Waals surface area contributed by atoms with E-state index >= 15 is 0 Å². The van der Waals surface area contributed by atoms with Crippen LogP contribution in [0.25, 0.3) is 33.5 Å². The minimum absolute atomic E-state index is 0.133. The first kappa shape index (κ1) is 18.9. The van der Waals surface area contributed by atoms with Crippen LogP contribution >= 0.6 is 0 Å². The smallest absolute Gasteiger partial charge is 0.244 e. The van der Waals surface area contributed by atoms with Crippen molar-refractivity contribution < 1.29 is 4.52 Å². The maximum Gasteiger partial charge on any atom is 0.244 e. The molecule has 0 amide bonds. The van der Waals surface area contributed by atoms with Crippen molar-refractivity contribution >= 4 is 10.9 Å². The van der Waals surface area contributed by atoms with Crippen LogP contribution in [-0.4, -0.2) is 36.5 Å². The molecule has 158 valence electrons. The zero-order chi connectivity index (χ0) is 21.3. The summed E-state index contributed by atoms with van der Waals surface area (Å²) in [6.07, 6.45) is 9.56. The van der Waals surface area contributed by atoms with Crippen LogP contribution in [0.1, 0.15) is 30.3 Å². The second-order valence-corrected chi connectivity index (χ2v) is 8.11. The van der Waals surface area contributed by atoms with Crippen LogP contribution in [0.3, 0.4) is 0 Å². The van der Waals surface area contributed by atoms with E-state index in [-0.39, 0.29) is 6.04 Å². The molecule has 1 aliphatic heterocycles. The summed E-state index contributed by atoms with van der Waals surface area (Å²) in [5, 5.41) is 5.51. The van der Waals surface area contributed by atoms with Crippen molar-refractivity contribution in [3.63, 3.8) is 0 Å². The Kier molecular flexibility index (Phi) is 4.73. The van der Waals surface area contributed by atoms with Crippen LogP contribution in [-0.2, 0) is 6.54 Å². The minimum atomic E-state index is 0.133. The first-order chi connectivity index (χ1) is 15.8. The number of aromatic nitrogens is 5. The number of nitrogens with zero attached hydrogens (tertiary/aromatic N) is 5. The number of benzene rings is 1. The summed E-state index contributed by atoms with van der Waals surface area (Å²) < 4.78 is 5.71. The number of H-pyrrole nitrogens is 1. The Morgan fingerprint density at radius 1 is 1.03 bits per heavy atom. The van der Waals surface area contributed by atoms with Crippen LogP contribution in [0.5, 0.6) is 0 Å². The number of nitrogens with one attached hydrogen (secondary N) is 1. The van der Waals surface area contributed by atoms with Crippen LogP contribution in [0.4, 0.5) is 0 Å². The molecule has 1 aromatic carbocycles. The fraction of sp³-hybridized carbons (Fsp3) is 0.200. The summed E-state index contributed by atoms with van der Waals surface area (Å²) >= 11 is 0. The highest BCUT2D eigenvalue weighted by Gasteiger charge is 2.31. The van der Waals surface area contributed by atoms with Crippen LogP contribution in [0.15, 0.2) is 77.8 Å². The van der Waals surface area contributed by atoms with E-state index in [2.05, 4.69) is 55.5 Å². The van der Waals surface area contributed by atoms with Crippen molar-refractivity contribution in [3.05, 3.63) is 84.8 Å². The Morgan fingerprint density at radius 2 is 1.94 bits per heavy atom. The molecule has 1 fully saturated rings. The Balaban J connectivity index is 1.22. The highest BCUT2D eigenvalue weighted by molar-refractivity contribution is 5.83.